The second-order valence-electron chi connectivity index (χ2n) is 5.21. The molecule has 148 valence electrons. The van der Waals surface area contributed by atoms with Crippen molar-refractivity contribution in [3.8, 4) is 0 Å². The normalized spacial score (nSPS) is 11.3. The fourth-order valence-electron chi connectivity index (χ4n) is 2.01. The molecule has 0 aliphatic rings. The van der Waals surface area contributed by atoms with Gasteiger partial charge < -0.3 is 5.32 Å². The predicted molar refractivity (Wildman–Crippen MR) is 103 cm³/mol. The first-order valence-electron chi connectivity index (χ1n) is 7.50. The Morgan fingerprint density at radius 3 is 1.72 bits per heavy atom. The Balaban J connectivity index is 2.06. The maximum Gasteiger partial charge on any atom is 0.264 e. The topological polar surface area (TPSA) is 195 Å². The van der Waals surface area contributed by atoms with Gasteiger partial charge >= 0.3 is 0 Å². The molecule has 0 saturated carbocycles. The maximum atomic E-state index is 11.9. The second-order valence-corrected chi connectivity index (χ2v) is 8.38. The minimum Gasteiger partial charge on any atom is -0.323 e. The maximum absolute atomic E-state index is 11.9. The van der Waals surface area contributed by atoms with Gasteiger partial charge in [0.15, 0.2) is 0 Å². The molecule has 2 aromatic carbocycles. The van der Waals surface area contributed by atoms with Crippen molar-refractivity contribution in [2.75, 3.05) is 5.32 Å². The molecule has 2 aromatic rings. The number of nitrogens with one attached hydrogen (secondary N) is 1. The molecule has 0 aliphatic carbocycles. The molecule has 0 aromatic heterocycles. The van der Waals surface area contributed by atoms with Crippen LogP contribution in [0, 0.1) is 0 Å². The van der Waals surface area contributed by atoms with Gasteiger partial charge in [0.25, 0.3) is 20.0 Å². The van der Waals surface area contributed by atoms with Gasteiger partial charge in [-0.05, 0) is 59.1 Å². The third-order valence-corrected chi connectivity index (χ3v) is 5.62. The van der Waals surface area contributed by atoms with E-state index < -0.39 is 26.0 Å². The lowest BCUT2D eigenvalue weighted by Gasteiger charge is -2.03. The first kappa shape index (κ1) is 21.5. The predicted octanol–water partition coefficient (Wildman–Crippen LogP) is 3.34. The molecule has 0 spiro atoms. The summed E-state index contributed by atoms with van der Waals surface area (Å²) in [6, 6.07) is 10.3. The SMILES string of the molecule is [N-]=[N+]=NS(=O)(=O)c1ccc(/C=C/C(=O)Nc2ccc(S(=O)(=O)N=[N+]=[N-])cc2)cc1. The van der Waals surface area contributed by atoms with Crippen molar-refractivity contribution in [1.29, 1.82) is 0 Å². The summed E-state index contributed by atoms with van der Waals surface area (Å²) in [5.41, 5.74) is 17.3. The average molecular weight is 433 g/mol. The minimum absolute atomic E-state index is 0.187. The zero-order valence-electron chi connectivity index (χ0n) is 14.3. The zero-order chi connectivity index (χ0) is 21.5. The Hall–Kier alpha value is -3.83. The molecular weight excluding hydrogens is 422 g/mol. The van der Waals surface area contributed by atoms with E-state index in [2.05, 4.69) is 24.2 Å². The largest absolute Gasteiger partial charge is 0.323 e. The Bertz CT molecular complexity index is 1260. The summed E-state index contributed by atoms with van der Waals surface area (Å²) >= 11 is 0. The molecule has 12 nitrogen and oxygen atoms in total. The standard InChI is InChI=1S/C15H11N7O5S2/c16-19-21-28(24,25)13-6-1-11(2-7-13)3-10-15(23)18-12-4-8-14(9-5-12)29(26,27)22-20-17/h1-10H,(H,18,23)/b10-3+. The van der Waals surface area contributed by atoms with E-state index in [9.17, 15) is 21.6 Å². The lowest BCUT2D eigenvalue weighted by molar-refractivity contribution is -0.111. The monoisotopic (exact) mass is 433 g/mol. The fraction of sp³-hybridized carbons (Fsp3) is 0. The quantitative estimate of drug-likeness (QED) is 0.302. The average Bonchev–Trinajstić information content (AvgIpc) is 2.67. The van der Waals surface area contributed by atoms with Crippen LogP contribution in [0.25, 0.3) is 27.0 Å². The number of nitrogens with zero attached hydrogens (tertiary/aromatic N) is 6. The molecule has 0 heterocycles. The number of azide groups is 2. The van der Waals surface area contributed by atoms with Crippen LogP contribution < -0.4 is 5.32 Å². The summed E-state index contributed by atoms with van der Waals surface area (Å²) in [5, 5.41) is 2.50. The van der Waals surface area contributed by atoms with Crippen LogP contribution in [-0.4, -0.2) is 22.7 Å². The van der Waals surface area contributed by atoms with Gasteiger partial charge in [0.05, 0.1) is 9.79 Å². The van der Waals surface area contributed by atoms with Gasteiger partial charge in [-0.25, -0.2) is 16.8 Å². The van der Waals surface area contributed by atoms with Crippen molar-refractivity contribution < 1.29 is 21.6 Å². The molecule has 29 heavy (non-hydrogen) atoms. The van der Waals surface area contributed by atoms with Gasteiger partial charge in [-0.1, -0.05) is 12.1 Å². The van der Waals surface area contributed by atoms with Crippen molar-refractivity contribution in [3.05, 3.63) is 81.1 Å². The Kier molecular flexibility index (Phi) is 6.59. The molecule has 0 aliphatic heterocycles. The molecule has 0 bridgehead atoms. The Morgan fingerprint density at radius 2 is 1.28 bits per heavy atom. The van der Waals surface area contributed by atoms with E-state index >= 15 is 0 Å². The third-order valence-electron chi connectivity index (χ3n) is 3.31. The first-order valence-corrected chi connectivity index (χ1v) is 10.4. The third kappa shape index (κ3) is 5.82. The molecule has 0 fully saturated rings. The zero-order valence-corrected chi connectivity index (χ0v) is 15.9. The number of anilines is 1. The van der Waals surface area contributed by atoms with Crippen LogP contribution in [0.15, 0.2) is 73.4 Å². The fourth-order valence-corrected chi connectivity index (χ4v) is 3.35. The van der Waals surface area contributed by atoms with E-state index in [0.717, 1.165) is 0 Å². The van der Waals surface area contributed by atoms with E-state index in [-0.39, 0.29) is 9.79 Å². The highest BCUT2D eigenvalue weighted by Crippen LogP contribution is 2.17. The molecule has 1 N–H and O–H groups in total. The highest BCUT2D eigenvalue weighted by atomic mass is 32.2. The van der Waals surface area contributed by atoms with Crippen LogP contribution in [0.5, 0.6) is 0 Å². The van der Waals surface area contributed by atoms with Crippen molar-refractivity contribution >= 4 is 37.7 Å². The van der Waals surface area contributed by atoms with Gasteiger partial charge in [-0.2, -0.15) is 0 Å². The van der Waals surface area contributed by atoms with Crippen LogP contribution in [-0.2, 0) is 24.8 Å². The summed E-state index contributed by atoms with van der Waals surface area (Å²) < 4.78 is 51.7. The van der Waals surface area contributed by atoms with Gasteiger partial charge in [0.1, 0.15) is 0 Å². The van der Waals surface area contributed by atoms with Crippen LogP contribution in [0.3, 0.4) is 0 Å². The number of amides is 1. The molecule has 0 radical (unpaired) electrons. The van der Waals surface area contributed by atoms with E-state index in [4.69, 9.17) is 11.1 Å². The number of benzene rings is 2. The summed E-state index contributed by atoms with van der Waals surface area (Å²) in [6.45, 7) is 0. The summed E-state index contributed by atoms with van der Waals surface area (Å²) in [6.07, 6.45) is 2.60. The van der Waals surface area contributed by atoms with Gasteiger partial charge in [0, 0.05) is 30.6 Å². The van der Waals surface area contributed by atoms with Gasteiger partial charge in [0.2, 0.25) is 5.91 Å². The second kappa shape index (κ2) is 8.91. The minimum atomic E-state index is -4.11. The van der Waals surface area contributed by atoms with E-state index in [1.807, 2.05) is 0 Å². The molecule has 0 unspecified atom stereocenters. The summed E-state index contributed by atoms with van der Waals surface area (Å²) in [7, 11) is -8.19. The molecule has 2 rings (SSSR count). The highest BCUT2D eigenvalue weighted by molar-refractivity contribution is 7.90. The molecule has 1 amide bonds. The van der Waals surface area contributed by atoms with Crippen LogP contribution in [0.1, 0.15) is 5.56 Å². The van der Waals surface area contributed by atoms with Crippen molar-refractivity contribution in [2.24, 2.45) is 9.04 Å². The molecular formula is C15H11N7O5S2. The number of sulfonamides is 2. The van der Waals surface area contributed by atoms with E-state index in [1.54, 1.807) is 0 Å². The van der Waals surface area contributed by atoms with E-state index in [0.29, 0.717) is 11.3 Å². The molecule has 0 saturated heterocycles. The summed E-state index contributed by atoms with van der Waals surface area (Å²) in [4.78, 5) is 16.0. The number of hydrogen-bond donors (Lipinski definition) is 1. The first-order chi connectivity index (χ1) is 13.7. The Labute approximate surface area is 164 Å². The number of hydrogen-bond acceptors (Lipinski definition) is 5. The van der Waals surface area contributed by atoms with Crippen LogP contribution in [0.2, 0.25) is 0 Å². The number of rotatable bonds is 7. The van der Waals surface area contributed by atoms with Crippen molar-refractivity contribution in [3.63, 3.8) is 0 Å². The van der Waals surface area contributed by atoms with Gasteiger partial charge in [-0.3, -0.25) is 4.79 Å². The Morgan fingerprint density at radius 1 is 0.828 bits per heavy atom. The highest BCUT2D eigenvalue weighted by Gasteiger charge is 2.12. The molecule has 14 heteroatoms. The summed E-state index contributed by atoms with van der Waals surface area (Å²) in [5.74, 6) is -0.526. The van der Waals surface area contributed by atoms with Crippen molar-refractivity contribution in [2.45, 2.75) is 9.79 Å². The smallest absolute Gasteiger partial charge is 0.264 e. The van der Waals surface area contributed by atoms with Crippen LogP contribution >= 0.6 is 0 Å². The van der Waals surface area contributed by atoms with Crippen LogP contribution in [0.4, 0.5) is 5.69 Å². The molecule has 0 atom stereocenters. The lowest BCUT2D eigenvalue weighted by atomic mass is 10.2. The van der Waals surface area contributed by atoms with Gasteiger partial charge in [-0.15, -0.1) is 0 Å². The number of carbonyl (C=O) groups excluding carboxylic acids is 1. The van der Waals surface area contributed by atoms with E-state index in [1.165, 1.54) is 60.7 Å². The number of carbonyl (C=O) groups is 1. The van der Waals surface area contributed by atoms with Crippen molar-refractivity contribution in [1.82, 2.24) is 0 Å². The lowest BCUT2D eigenvalue weighted by Crippen LogP contribution is -2.07.